The average molecular weight is 549 g/mol. The van der Waals surface area contributed by atoms with Gasteiger partial charge in [-0.2, -0.15) is 8.78 Å². The highest BCUT2D eigenvalue weighted by atomic mass is 19.3. The molecule has 0 radical (unpaired) electrons. The Kier molecular flexibility index (Phi) is 6.35. The van der Waals surface area contributed by atoms with Crippen LogP contribution in [0.5, 0.6) is 0 Å². The lowest BCUT2D eigenvalue weighted by Crippen LogP contribution is -2.49. The number of H-pyrrole nitrogens is 1. The Morgan fingerprint density at radius 2 is 1.95 bits per heavy atom. The number of rotatable bonds is 8. The summed E-state index contributed by atoms with van der Waals surface area (Å²) in [5, 5.41) is 9.44. The van der Waals surface area contributed by atoms with Crippen molar-refractivity contribution in [1.82, 2.24) is 29.2 Å². The summed E-state index contributed by atoms with van der Waals surface area (Å²) in [6.07, 6.45) is 9.78. The van der Waals surface area contributed by atoms with Crippen LogP contribution < -0.4 is 5.56 Å². The number of aromatic nitrogens is 5. The SMILES string of the molecule is Cn1cnnc1[C@]1(c2cccc(-n3cc(C4CC4)c4cc(CN5CCCCC5)[nH]c4c3=O)c2)C[C@@H](OC(F)F)C1. The number of ether oxygens (including phenoxy) is 1. The van der Waals surface area contributed by atoms with Crippen LogP contribution in [0.15, 0.2) is 47.7 Å². The first-order valence-electron chi connectivity index (χ1n) is 14.3. The minimum atomic E-state index is -2.82. The maximum Gasteiger partial charge on any atom is 0.345 e. The molecule has 0 bridgehead atoms. The second-order valence-corrected chi connectivity index (χ2v) is 11.8. The molecule has 0 unspecified atom stereocenters. The van der Waals surface area contributed by atoms with Crippen LogP contribution in [0.2, 0.25) is 0 Å². The summed E-state index contributed by atoms with van der Waals surface area (Å²) in [5.41, 5.74) is 3.90. The van der Waals surface area contributed by atoms with Crippen molar-refractivity contribution < 1.29 is 13.5 Å². The fourth-order valence-corrected chi connectivity index (χ4v) is 6.83. The molecular weight excluding hydrogens is 514 g/mol. The number of piperidine rings is 1. The van der Waals surface area contributed by atoms with E-state index in [1.54, 1.807) is 10.9 Å². The number of hydrogen-bond acceptors (Lipinski definition) is 5. The molecule has 10 heteroatoms. The third kappa shape index (κ3) is 4.47. The third-order valence-electron chi connectivity index (χ3n) is 9.01. The Bertz CT molecular complexity index is 1590. The first-order chi connectivity index (χ1) is 19.4. The van der Waals surface area contributed by atoms with Crippen molar-refractivity contribution in [3.8, 4) is 5.69 Å². The van der Waals surface area contributed by atoms with Crippen LogP contribution in [0.25, 0.3) is 16.6 Å². The Hall–Kier alpha value is -3.37. The lowest BCUT2D eigenvalue weighted by Gasteiger charge is -2.46. The Morgan fingerprint density at radius 1 is 1.15 bits per heavy atom. The van der Waals surface area contributed by atoms with Crippen molar-refractivity contribution in [2.75, 3.05) is 13.1 Å². The van der Waals surface area contributed by atoms with Gasteiger partial charge in [-0.1, -0.05) is 18.6 Å². The van der Waals surface area contributed by atoms with Gasteiger partial charge < -0.3 is 14.3 Å². The molecule has 1 N–H and O–H groups in total. The maximum absolute atomic E-state index is 13.9. The summed E-state index contributed by atoms with van der Waals surface area (Å²) in [4.78, 5) is 19.9. The average Bonchev–Trinajstić information content (AvgIpc) is 3.54. The first-order valence-corrected chi connectivity index (χ1v) is 14.3. The molecule has 4 aromatic rings. The van der Waals surface area contributed by atoms with Gasteiger partial charge in [-0.3, -0.25) is 14.3 Å². The van der Waals surface area contributed by atoms with Crippen molar-refractivity contribution in [1.29, 1.82) is 0 Å². The molecule has 3 aromatic heterocycles. The standard InChI is InChI=1S/C30H34F2N6O2/c1-36-18-33-35-28(36)30(14-23(15-30)40-29(31)32)20-6-5-7-22(12-20)38-17-25(19-8-9-19)24-13-21(34-26(24)27(38)39)16-37-10-3-2-4-11-37/h5-7,12-13,17-19,23,29,34H,2-4,8-11,14-16H2,1H3/t23-,30-. The quantitative estimate of drug-likeness (QED) is 0.335. The van der Waals surface area contributed by atoms with Crippen molar-refractivity contribution in [2.45, 2.75) is 75.5 Å². The minimum Gasteiger partial charge on any atom is -0.353 e. The van der Waals surface area contributed by atoms with Crippen molar-refractivity contribution in [3.05, 3.63) is 75.9 Å². The predicted octanol–water partition coefficient (Wildman–Crippen LogP) is 5.00. The number of aromatic amines is 1. The summed E-state index contributed by atoms with van der Waals surface area (Å²) in [6.45, 7) is 0.201. The summed E-state index contributed by atoms with van der Waals surface area (Å²) in [6, 6.07) is 10.0. The molecule has 2 aliphatic carbocycles. The van der Waals surface area contributed by atoms with Gasteiger partial charge >= 0.3 is 6.61 Å². The van der Waals surface area contributed by atoms with Gasteiger partial charge in [0, 0.05) is 36.6 Å². The van der Waals surface area contributed by atoms with Crippen LogP contribution in [0.1, 0.15) is 73.5 Å². The summed E-state index contributed by atoms with van der Waals surface area (Å²) < 4.78 is 34.4. The Labute approximate surface area is 231 Å². The van der Waals surface area contributed by atoms with Crippen molar-refractivity contribution >= 4 is 10.9 Å². The van der Waals surface area contributed by atoms with Gasteiger partial charge in [-0.25, -0.2) is 0 Å². The highest BCUT2D eigenvalue weighted by Crippen LogP contribution is 2.50. The monoisotopic (exact) mass is 548 g/mol. The number of alkyl halides is 2. The number of hydrogen-bond donors (Lipinski definition) is 1. The number of pyridine rings is 1. The number of benzene rings is 1. The lowest BCUT2D eigenvalue weighted by atomic mass is 9.62. The Balaban J connectivity index is 1.28. The third-order valence-corrected chi connectivity index (χ3v) is 9.01. The molecule has 1 saturated heterocycles. The van der Waals surface area contributed by atoms with E-state index in [4.69, 9.17) is 4.74 Å². The van der Waals surface area contributed by atoms with Crippen molar-refractivity contribution in [2.24, 2.45) is 7.05 Å². The zero-order chi connectivity index (χ0) is 27.4. The van der Waals surface area contributed by atoms with Crippen LogP contribution in [0.4, 0.5) is 8.78 Å². The van der Waals surface area contributed by atoms with Crippen LogP contribution >= 0.6 is 0 Å². The van der Waals surface area contributed by atoms with Gasteiger partial charge in [0.2, 0.25) is 0 Å². The number of likely N-dealkylation sites (tertiary alicyclic amines) is 1. The number of nitrogens with zero attached hydrogens (tertiary/aromatic N) is 5. The van der Waals surface area contributed by atoms with Gasteiger partial charge in [0.1, 0.15) is 17.7 Å². The number of nitrogens with one attached hydrogen (secondary N) is 1. The van der Waals surface area contributed by atoms with E-state index in [0.717, 1.165) is 54.8 Å². The summed E-state index contributed by atoms with van der Waals surface area (Å²) >= 11 is 0. The van der Waals surface area contributed by atoms with Gasteiger partial charge in [-0.05, 0) is 86.9 Å². The predicted molar refractivity (Wildman–Crippen MR) is 147 cm³/mol. The topological polar surface area (TPSA) is 81.0 Å². The summed E-state index contributed by atoms with van der Waals surface area (Å²) in [7, 11) is 1.86. The second kappa shape index (κ2) is 9.92. The van der Waals surface area contributed by atoms with Crippen molar-refractivity contribution in [3.63, 3.8) is 0 Å². The largest absolute Gasteiger partial charge is 0.353 e. The van der Waals surface area contributed by atoms with E-state index >= 15 is 0 Å². The lowest BCUT2D eigenvalue weighted by molar-refractivity contribution is -0.192. The second-order valence-electron chi connectivity index (χ2n) is 11.8. The number of halogens is 2. The highest BCUT2D eigenvalue weighted by Gasteiger charge is 2.51. The van der Waals surface area contributed by atoms with E-state index in [1.807, 2.05) is 42.1 Å². The summed E-state index contributed by atoms with van der Waals surface area (Å²) in [5.74, 6) is 1.16. The molecule has 0 spiro atoms. The fourth-order valence-electron chi connectivity index (χ4n) is 6.83. The smallest absolute Gasteiger partial charge is 0.345 e. The maximum atomic E-state index is 13.9. The zero-order valence-corrected chi connectivity index (χ0v) is 22.7. The number of fused-ring (bicyclic) bond motifs is 1. The molecule has 0 atom stereocenters. The van der Waals surface area contributed by atoms with E-state index in [2.05, 4.69) is 26.1 Å². The number of aryl methyl sites for hydroxylation is 1. The van der Waals surface area contributed by atoms with Crippen LogP contribution in [-0.2, 0) is 23.7 Å². The molecule has 40 heavy (non-hydrogen) atoms. The molecular formula is C30H34F2N6O2. The van der Waals surface area contributed by atoms with E-state index in [1.165, 1.54) is 24.8 Å². The normalized spacial score (nSPS) is 23.6. The van der Waals surface area contributed by atoms with E-state index in [0.29, 0.717) is 30.1 Å². The highest BCUT2D eigenvalue weighted by molar-refractivity contribution is 5.84. The molecule has 4 heterocycles. The Morgan fingerprint density at radius 3 is 2.65 bits per heavy atom. The molecule has 8 nitrogen and oxygen atoms in total. The molecule has 2 saturated carbocycles. The van der Waals surface area contributed by atoms with E-state index in [-0.39, 0.29) is 5.56 Å². The van der Waals surface area contributed by atoms with Gasteiger partial charge in [0.15, 0.2) is 0 Å². The van der Waals surface area contributed by atoms with Crippen LogP contribution in [0, 0.1) is 0 Å². The van der Waals surface area contributed by atoms with E-state index < -0.39 is 18.1 Å². The molecule has 1 aliphatic heterocycles. The fraction of sp³-hybridized carbons (Fsp3) is 0.500. The molecule has 210 valence electrons. The molecule has 7 rings (SSSR count). The van der Waals surface area contributed by atoms with Gasteiger partial charge in [0.25, 0.3) is 5.56 Å². The zero-order valence-electron chi connectivity index (χ0n) is 22.7. The molecule has 3 fully saturated rings. The van der Waals surface area contributed by atoms with E-state index in [9.17, 15) is 13.6 Å². The first kappa shape index (κ1) is 25.6. The van der Waals surface area contributed by atoms with Gasteiger partial charge in [-0.15, -0.1) is 10.2 Å². The molecule has 1 aromatic carbocycles. The van der Waals surface area contributed by atoms with Crippen LogP contribution in [-0.4, -0.2) is 55.0 Å². The van der Waals surface area contributed by atoms with Crippen LogP contribution in [0.3, 0.4) is 0 Å². The molecule has 0 amide bonds. The van der Waals surface area contributed by atoms with Gasteiger partial charge in [0.05, 0.1) is 11.5 Å². The minimum absolute atomic E-state index is 0.0818. The molecule has 3 aliphatic rings.